The van der Waals surface area contributed by atoms with E-state index in [1.165, 1.54) is 0 Å². The van der Waals surface area contributed by atoms with E-state index in [1.54, 1.807) is 0 Å². The Morgan fingerprint density at radius 2 is 1.10 bits per heavy atom. The molecule has 248 valence electrons. The third-order valence-corrected chi connectivity index (χ3v) is 4.34. The fourth-order valence-corrected chi connectivity index (χ4v) is 1.95. The predicted octanol–water partition coefficient (Wildman–Crippen LogP) is -10.8. The SMILES string of the molecule is C.C.N[C@@H](CCCC=O)C(=O)[O-].O=C([O-])CCC(=O)C(=O)[O-].[NH3+]C(CCC(=O)[O-])C(=O)[O-].[NH3+]CCCC[C@H]([NH3+])C(=O)[O-]. The number of carbonyl (C=O) groups is 8. The minimum atomic E-state index is -1.86. The van der Waals surface area contributed by atoms with E-state index in [-0.39, 0.29) is 27.7 Å². The molecule has 0 aromatic carbocycles. The highest BCUT2D eigenvalue weighted by molar-refractivity contribution is 6.31. The van der Waals surface area contributed by atoms with Gasteiger partial charge in [-0.1, -0.05) is 14.9 Å². The first-order valence-corrected chi connectivity index (χ1v) is 11.8. The zero-order valence-corrected chi connectivity index (χ0v) is 22.0. The van der Waals surface area contributed by atoms with Crippen molar-refractivity contribution in [2.24, 2.45) is 5.73 Å². The van der Waals surface area contributed by atoms with Crippen LogP contribution < -0.4 is 53.6 Å². The predicted molar refractivity (Wildman–Crippen MR) is 130 cm³/mol. The highest BCUT2D eigenvalue weighted by atomic mass is 16.4. The van der Waals surface area contributed by atoms with Crippen LogP contribution in [0.15, 0.2) is 0 Å². The molecule has 0 heterocycles. The van der Waals surface area contributed by atoms with Gasteiger partial charge in [0.15, 0.2) is 5.78 Å². The second-order valence-electron chi connectivity index (χ2n) is 7.90. The summed E-state index contributed by atoms with van der Waals surface area (Å²) in [5.41, 5.74) is 15.3. The summed E-state index contributed by atoms with van der Waals surface area (Å²) in [7, 11) is 0. The highest BCUT2D eigenvalue weighted by Crippen LogP contribution is 1.95. The molecule has 0 aliphatic rings. The Morgan fingerprint density at radius 1 is 0.643 bits per heavy atom. The Labute approximate surface area is 244 Å². The fourth-order valence-electron chi connectivity index (χ4n) is 1.95. The van der Waals surface area contributed by atoms with Crippen LogP contribution in [0, 0.1) is 0 Å². The summed E-state index contributed by atoms with van der Waals surface area (Å²) in [5.74, 6) is -9.44. The van der Waals surface area contributed by atoms with Gasteiger partial charge in [-0.25, -0.2) is 0 Å². The van der Waals surface area contributed by atoms with Crippen molar-refractivity contribution < 1.29 is 86.2 Å². The maximum absolute atomic E-state index is 10.1. The monoisotopic (exact) mass is 613 g/mol. The highest BCUT2D eigenvalue weighted by Gasteiger charge is 2.06. The number of ketones is 1. The van der Waals surface area contributed by atoms with Crippen LogP contribution in [0.4, 0.5) is 0 Å². The first-order chi connectivity index (χ1) is 18.4. The number of carboxylic acids is 6. The van der Waals surface area contributed by atoms with Gasteiger partial charge >= 0.3 is 0 Å². The number of carbonyl (C=O) groups excluding carboxylic acids is 8. The number of Topliss-reactive ketones (excluding diaryl/α,β-unsaturated/α-hetero) is 1. The molecular formula is C24H45N4O14-3. The minimum Gasteiger partial charge on any atom is -0.550 e. The molecule has 0 bridgehead atoms. The number of hydrogen-bond acceptors (Lipinski definition) is 15. The second-order valence-corrected chi connectivity index (χ2v) is 7.90. The van der Waals surface area contributed by atoms with Gasteiger partial charge in [-0.05, 0) is 38.5 Å². The number of unbranched alkanes of at least 4 members (excludes halogenated alkanes) is 2. The molecule has 18 nitrogen and oxygen atoms in total. The smallest absolute Gasteiger partial charge is 0.178 e. The molecule has 0 amide bonds. The lowest BCUT2D eigenvalue weighted by molar-refractivity contribution is -0.439. The van der Waals surface area contributed by atoms with Crippen LogP contribution >= 0.6 is 0 Å². The molecule has 0 saturated heterocycles. The normalized spacial score (nSPS) is 11.1. The molecule has 0 radical (unpaired) electrons. The average Bonchev–Trinajstić information content (AvgIpc) is 2.86. The van der Waals surface area contributed by atoms with Crippen LogP contribution in [-0.4, -0.2) is 72.6 Å². The minimum absolute atomic E-state index is 0. The molecule has 0 spiro atoms. The molecule has 11 N–H and O–H groups in total. The topological polar surface area (TPSA) is 384 Å². The van der Waals surface area contributed by atoms with E-state index in [9.17, 15) is 69.0 Å². The molecule has 0 rings (SSSR count). The summed E-state index contributed by atoms with van der Waals surface area (Å²) in [6.07, 6.45) is 2.91. The molecule has 0 aliphatic carbocycles. The van der Waals surface area contributed by atoms with Crippen LogP contribution in [0.1, 0.15) is 79.1 Å². The van der Waals surface area contributed by atoms with E-state index in [0.717, 1.165) is 25.7 Å². The van der Waals surface area contributed by atoms with E-state index < -0.39 is 72.6 Å². The second kappa shape index (κ2) is 33.2. The maximum atomic E-state index is 10.1. The van der Waals surface area contributed by atoms with Crippen LogP contribution in [-0.2, 0) is 38.4 Å². The maximum Gasteiger partial charge on any atom is 0.178 e. The molecule has 42 heavy (non-hydrogen) atoms. The zero-order chi connectivity index (χ0) is 32.3. The third-order valence-electron chi connectivity index (χ3n) is 4.34. The van der Waals surface area contributed by atoms with Crippen molar-refractivity contribution in [3.8, 4) is 0 Å². The first-order valence-electron chi connectivity index (χ1n) is 11.8. The summed E-state index contributed by atoms with van der Waals surface area (Å²) in [6, 6.07) is -2.44. The van der Waals surface area contributed by atoms with Gasteiger partial charge in [0.1, 0.15) is 24.3 Å². The van der Waals surface area contributed by atoms with Crippen molar-refractivity contribution in [2.45, 2.75) is 97.2 Å². The van der Waals surface area contributed by atoms with Crippen molar-refractivity contribution >= 4 is 47.9 Å². The van der Waals surface area contributed by atoms with Gasteiger partial charge in [0.25, 0.3) is 0 Å². The van der Waals surface area contributed by atoms with Crippen LogP contribution in [0.3, 0.4) is 0 Å². The number of carboxylic acid groups (broad SMARTS) is 6. The first kappa shape index (κ1) is 50.8. The average molecular weight is 614 g/mol. The van der Waals surface area contributed by atoms with Crippen LogP contribution in [0.5, 0.6) is 0 Å². The number of rotatable bonds is 18. The molecular weight excluding hydrogens is 568 g/mol. The van der Waals surface area contributed by atoms with Gasteiger partial charge in [0.05, 0.1) is 24.5 Å². The molecule has 1 unspecified atom stereocenters. The Bertz CT molecular complexity index is 808. The summed E-state index contributed by atoms with van der Waals surface area (Å²) in [4.78, 5) is 78.9. The van der Waals surface area contributed by atoms with E-state index in [0.29, 0.717) is 25.7 Å². The molecule has 18 heteroatoms. The lowest BCUT2D eigenvalue weighted by atomic mass is 10.1. The number of aliphatic carboxylic acids is 6. The number of aldehydes is 1. The Kier molecular flexibility index (Phi) is 40.2. The summed E-state index contributed by atoms with van der Waals surface area (Å²) in [5, 5.41) is 59.1. The number of quaternary nitrogens is 3. The third kappa shape index (κ3) is 43.1. The van der Waals surface area contributed by atoms with E-state index in [2.05, 4.69) is 17.2 Å². The van der Waals surface area contributed by atoms with Crippen LogP contribution in [0.2, 0.25) is 0 Å². The van der Waals surface area contributed by atoms with Gasteiger partial charge in [-0.3, -0.25) is 4.79 Å². The Balaban J connectivity index is -0.000000101. The van der Waals surface area contributed by atoms with E-state index in [4.69, 9.17) is 5.73 Å². The molecule has 0 aliphatic heterocycles. The summed E-state index contributed by atoms with van der Waals surface area (Å²) in [6.45, 7) is 0.861. The zero-order valence-electron chi connectivity index (χ0n) is 22.0. The number of nitrogens with two attached hydrogens (primary N) is 1. The molecule has 0 saturated carbocycles. The standard InChI is InChI=1S/C6H14N2O2.C6H11NO3.C5H9NO4.C5H6O5.2CH4/c7-4-2-1-3-5(8)6(9)10;7-5(6(9)10)3-1-2-4-8;2*6-3(5(9)10)1-2-4(7)8;;/h5H,1-4,7-8H2,(H,9,10);4-5H,1-3,7H2,(H,9,10);3H,1-2,6H2,(H,7,8)(H,9,10);1-2H2,(H,7,8)(H,9,10);2*1H4/p-3/t2*5-;;;;/m00..../s1. The Morgan fingerprint density at radius 3 is 1.43 bits per heavy atom. The van der Waals surface area contributed by atoms with Gasteiger partial charge in [0, 0.05) is 43.7 Å². The van der Waals surface area contributed by atoms with Crippen molar-refractivity contribution in [1.29, 1.82) is 0 Å². The fraction of sp³-hybridized carbons (Fsp3) is 0.667. The van der Waals surface area contributed by atoms with Gasteiger partial charge in [-0.15, -0.1) is 0 Å². The van der Waals surface area contributed by atoms with Crippen molar-refractivity contribution in [3.05, 3.63) is 0 Å². The van der Waals surface area contributed by atoms with Crippen molar-refractivity contribution in [3.63, 3.8) is 0 Å². The van der Waals surface area contributed by atoms with Crippen molar-refractivity contribution in [1.82, 2.24) is 0 Å². The molecule has 3 atom stereocenters. The quantitative estimate of drug-likeness (QED) is 0.0633. The molecule has 0 aromatic heterocycles. The lowest BCUT2D eigenvalue weighted by Crippen LogP contribution is -2.68. The van der Waals surface area contributed by atoms with E-state index in [1.807, 2.05) is 0 Å². The molecule has 0 fully saturated rings. The molecule has 0 aromatic rings. The van der Waals surface area contributed by atoms with Gasteiger partial charge in [0.2, 0.25) is 0 Å². The van der Waals surface area contributed by atoms with E-state index >= 15 is 0 Å². The van der Waals surface area contributed by atoms with Crippen LogP contribution in [0.25, 0.3) is 0 Å². The lowest BCUT2D eigenvalue weighted by Gasteiger charge is -2.10. The van der Waals surface area contributed by atoms with Gasteiger partial charge < -0.3 is 87.1 Å². The van der Waals surface area contributed by atoms with Crippen molar-refractivity contribution in [2.75, 3.05) is 6.54 Å². The summed E-state index contributed by atoms with van der Waals surface area (Å²) >= 11 is 0. The largest absolute Gasteiger partial charge is 0.550 e. The van der Waals surface area contributed by atoms with Gasteiger partial charge in [-0.2, -0.15) is 0 Å². The summed E-state index contributed by atoms with van der Waals surface area (Å²) < 4.78 is 0. The Hall–Kier alpha value is -4.00. The number of hydrogen-bond donors (Lipinski definition) is 4.